The summed E-state index contributed by atoms with van der Waals surface area (Å²) < 4.78 is 12.3. The molecule has 0 unspecified atom stereocenters. The summed E-state index contributed by atoms with van der Waals surface area (Å²) in [4.78, 5) is 42.4. The number of methoxy groups -OCH3 is 1. The van der Waals surface area contributed by atoms with E-state index in [2.05, 4.69) is 0 Å². The molecule has 1 aromatic heterocycles. The van der Waals surface area contributed by atoms with Crippen molar-refractivity contribution in [2.45, 2.75) is 32.6 Å². The summed E-state index contributed by atoms with van der Waals surface area (Å²) in [5, 5.41) is 0. The fourth-order valence-electron chi connectivity index (χ4n) is 4.95. The van der Waals surface area contributed by atoms with Gasteiger partial charge >= 0.3 is 5.97 Å². The summed E-state index contributed by atoms with van der Waals surface area (Å²) in [6, 6.07) is 14.9. The number of rotatable bonds is 6. The lowest BCUT2D eigenvalue weighted by molar-refractivity contribution is -0.119. The Balaban J connectivity index is 1.50. The molecule has 8 heteroatoms. The Kier molecular flexibility index (Phi) is 6.50. The van der Waals surface area contributed by atoms with E-state index >= 15 is 0 Å². The largest absolute Gasteiger partial charge is 0.497 e. The van der Waals surface area contributed by atoms with Crippen molar-refractivity contribution in [2.75, 3.05) is 36.6 Å². The van der Waals surface area contributed by atoms with E-state index in [0.717, 1.165) is 36.4 Å². The van der Waals surface area contributed by atoms with Crippen molar-refractivity contribution in [1.82, 2.24) is 4.57 Å². The fraction of sp³-hybridized carbons (Fsp3) is 0.321. The van der Waals surface area contributed by atoms with Gasteiger partial charge in [-0.3, -0.25) is 9.59 Å². The summed E-state index contributed by atoms with van der Waals surface area (Å²) in [6.07, 6.45) is 4.70. The number of anilines is 2. The van der Waals surface area contributed by atoms with E-state index in [1.165, 1.54) is 0 Å². The van der Waals surface area contributed by atoms with E-state index in [4.69, 9.17) is 9.47 Å². The van der Waals surface area contributed by atoms with Crippen molar-refractivity contribution in [2.24, 2.45) is 0 Å². The monoisotopic (exact) mass is 487 g/mol. The van der Waals surface area contributed by atoms with Gasteiger partial charge in [0.1, 0.15) is 11.4 Å². The van der Waals surface area contributed by atoms with Gasteiger partial charge in [-0.05, 0) is 80.3 Å². The van der Waals surface area contributed by atoms with Crippen LogP contribution in [0.25, 0.3) is 5.69 Å². The first-order chi connectivity index (χ1) is 17.5. The number of carbonyl (C=O) groups excluding carboxylic acids is 3. The summed E-state index contributed by atoms with van der Waals surface area (Å²) >= 11 is 0. The van der Waals surface area contributed by atoms with Gasteiger partial charge in [0.15, 0.2) is 0 Å². The lowest BCUT2D eigenvalue weighted by atomic mass is 10.0. The van der Waals surface area contributed by atoms with Crippen LogP contribution in [0.2, 0.25) is 0 Å². The molecule has 0 N–H and O–H groups in total. The van der Waals surface area contributed by atoms with Crippen molar-refractivity contribution in [3.63, 3.8) is 0 Å². The van der Waals surface area contributed by atoms with Crippen LogP contribution in [0, 0.1) is 0 Å². The van der Waals surface area contributed by atoms with E-state index < -0.39 is 5.97 Å². The molecule has 2 aliphatic rings. The number of esters is 1. The minimum Gasteiger partial charge on any atom is -0.497 e. The molecule has 36 heavy (non-hydrogen) atoms. The third kappa shape index (κ3) is 4.23. The van der Waals surface area contributed by atoms with E-state index in [0.29, 0.717) is 42.0 Å². The van der Waals surface area contributed by atoms with Crippen LogP contribution in [0.5, 0.6) is 5.75 Å². The molecule has 0 bridgehead atoms. The number of hydrogen-bond donors (Lipinski definition) is 0. The molecule has 0 spiro atoms. The number of benzene rings is 2. The molecule has 186 valence electrons. The first-order valence-corrected chi connectivity index (χ1v) is 12.3. The van der Waals surface area contributed by atoms with Crippen LogP contribution in [0.15, 0.2) is 54.7 Å². The van der Waals surface area contributed by atoms with Crippen LogP contribution in [0.4, 0.5) is 11.4 Å². The van der Waals surface area contributed by atoms with Crippen molar-refractivity contribution in [3.05, 3.63) is 71.5 Å². The minimum atomic E-state index is -0.433. The molecular weight excluding hydrogens is 458 g/mol. The molecule has 0 saturated carbocycles. The van der Waals surface area contributed by atoms with Crippen LogP contribution in [0.1, 0.15) is 52.6 Å². The number of aromatic nitrogens is 1. The molecule has 2 aromatic carbocycles. The average Bonchev–Trinajstić information content (AvgIpc) is 3.30. The van der Waals surface area contributed by atoms with Gasteiger partial charge in [-0.25, -0.2) is 4.79 Å². The quantitative estimate of drug-likeness (QED) is 0.482. The maximum Gasteiger partial charge on any atom is 0.339 e. The third-order valence-electron chi connectivity index (χ3n) is 6.79. The lowest BCUT2D eigenvalue weighted by Gasteiger charge is -2.30. The molecule has 3 heterocycles. The zero-order chi connectivity index (χ0) is 25.2. The normalized spacial score (nSPS) is 15.6. The molecule has 5 rings (SSSR count). The molecular formula is C28H29N3O5. The number of hydrogen-bond acceptors (Lipinski definition) is 5. The molecule has 1 saturated heterocycles. The first kappa shape index (κ1) is 23.7. The smallest absolute Gasteiger partial charge is 0.339 e. The number of amides is 2. The van der Waals surface area contributed by atoms with Gasteiger partial charge in [-0.1, -0.05) is 0 Å². The van der Waals surface area contributed by atoms with Crippen LogP contribution in [0.3, 0.4) is 0 Å². The Morgan fingerprint density at radius 1 is 0.861 bits per heavy atom. The van der Waals surface area contributed by atoms with E-state index in [1.807, 2.05) is 53.4 Å². The Labute approximate surface area is 210 Å². The van der Waals surface area contributed by atoms with Gasteiger partial charge in [0, 0.05) is 42.8 Å². The van der Waals surface area contributed by atoms with Crippen molar-refractivity contribution in [1.29, 1.82) is 0 Å². The van der Waals surface area contributed by atoms with Gasteiger partial charge in [0.05, 0.1) is 19.3 Å². The second kappa shape index (κ2) is 9.89. The highest BCUT2D eigenvalue weighted by atomic mass is 16.5. The fourth-order valence-corrected chi connectivity index (χ4v) is 4.95. The van der Waals surface area contributed by atoms with Gasteiger partial charge in [-0.2, -0.15) is 0 Å². The zero-order valence-corrected chi connectivity index (χ0v) is 20.5. The topological polar surface area (TPSA) is 81.1 Å². The van der Waals surface area contributed by atoms with Gasteiger partial charge < -0.3 is 23.8 Å². The molecule has 8 nitrogen and oxygen atoms in total. The van der Waals surface area contributed by atoms with Crippen molar-refractivity contribution < 1.29 is 23.9 Å². The first-order valence-electron chi connectivity index (χ1n) is 12.3. The Morgan fingerprint density at radius 3 is 2.17 bits per heavy atom. The van der Waals surface area contributed by atoms with E-state index in [9.17, 15) is 14.4 Å². The van der Waals surface area contributed by atoms with Crippen LogP contribution >= 0.6 is 0 Å². The molecule has 1 fully saturated rings. The highest BCUT2D eigenvalue weighted by molar-refractivity contribution is 6.10. The second-order valence-corrected chi connectivity index (χ2v) is 8.88. The van der Waals surface area contributed by atoms with Crippen LogP contribution in [-0.4, -0.2) is 49.2 Å². The predicted octanol–water partition coefficient (Wildman–Crippen LogP) is 4.38. The van der Waals surface area contributed by atoms with E-state index in [-0.39, 0.29) is 18.4 Å². The van der Waals surface area contributed by atoms with Crippen LogP contribution in [-0.2, 0) is 16.0 Å². The average molecular weight is 488 g/mol. The zero-order valence-electron chi connectivity index (χ0n) is 20.5. The third-order valence-corrected chi connectivity index (χ3v) is 6.79. The number of fused-ring (bicyclic) bond motifs is 1. The number of ether oxygens (including phenoxy) is 2. The minimum absolute atomic E-state index is 0.136. The van der Waals surface area contributed by atoms with Crippen LogP contribution < -0.4 is 14.5 Å². The van der Waals surface area contributed by atoms with Gasteiger partial charge in [-0.15, -0.1) is 0 Å². The summed E-state index contributed by atoms with van der Waals surface area (Å²) in [6.45, 7) is 3.18. The Hall–Kier alpha value is -4.07. The molecule has 0 aliphatic carbocycles. The molecule has 3 aromatic rings. The van der Waals surface area contributed by atoms with Crippen molar-refractivity contribution >= 4 is 29.2 Å². The molecule has 2 aliphatic heterocycles. The van der Waals surface area contributed by atoms with Gasteiger partial charge in [0.2, 0.25) is 5.91 Å². The standard InChI is InChI=1S/C28H29N3O5/c1-3-36-28(34)24-18-31(21-11-13-22(35-2)14-12-21)26-23(24)15-17-30(27(26)33)20-9-7-19(8-10-20)29-16-5-4-6-25(29)32/h7-14,18H,3-6,15-17H2,1-2H3. The Bertz CT molecular complexity index is 1290. The molecule has 2 amide bonds. The second-order valence-electron chi connectivity index (χ2n) is 8.88. The van der Waals surface area contributed by atoms with Crippen molar-refractivity contribution in [3.8, 4) is 11.4 Å². The van der Waals surface area contributed by atoms with Gasteiger partial charge in [0.25, 0.3) is 5.91 Å². The summed E-state index contributed by atoms with van der Waals surface area (Å²) in [5.41, 5.74) is 3.90. The van der Waals surface area contributed by atoms with E-state index in [1.54, 1.807) is 29.7 Å². The summed E-state index contributed by atoms with van der Waals surface area (Å²) in [5.74, 6) is 0.212. The maximum atomic E-state index is 13.8. The molecule has 0 atom stereocenters. The highest BCUT2D eigenvalue weighted by Gasteiger charge is 2.34. The number of nitrogens with zero attached hydrogens (tertiary/aromatic N) is 3. The number of carbonyl (C=O) groups is 3. The molecule has 0 radical (unpaired) electrons. The predicted molar refractivity (Wildman–Crippen MR) is 136 cm³/mol. The highest BCUT2D eigenvalue weighted by Crippen LogP contribution is 2.32. The number of piperidine rings is 1. The lowest BCUT2D eigenvalue weighted by Crippen LogP contribution is -2.39. The maximum absolute atomic E-state index is 13.8. The SMILES string of the molecule is CCOC(=O)c1cn(-c2ccc(OC)cc2)c2c1CCN(c1ccc(N3CCCCC3=O)cc1)C2=O. The summed E-state index contributed by atoms with van der Waals surface area (Å²) in [7, 11) is 1.60. The Morgan fingerprint density at radius 2 is 1.53 bits per heavy atom.